The molecule has 7 heteroatoms. The van der Waals surface area contributed by atoms with Gasteiger partial charge in [-0.25, -0.2) is 13.1 Å². The van der Waals surface area contributed by atoms with Gasteiger partial charge in [0.05, 0.1) is 17.5 Å². The van der Waals surface area contributed by atoms with Crippen LogP contribution in [-0.4, -0.2) is 51.6 Å². The van der Waals surface area contributed by atoms with Gasteiger partial charge in [-0.1, -0.05) is 0 Å². The second kappa shape index (κ2) is 9.67. The summed E-state index contributed by atoms with van der Waals surface area (Å²) in [6.45, 7) is 10.5. The fourth-order valence-corrected chi connectivity index (χ4v) is 5.27. The first-order chi connectivity index (χ1) is 13.7. The van der Waals surface area contributed by atoms with Crippen molar-refractivity contribution >= 4 is 21.4 Å². The summed E-state index contributed by atoms with van der Waals surface area (Å²) in [5.74, 6) is 0.593. The number of anilines is 2. The third kappa shape index (κ3) is 6.33. The SMILES string of the molecule is CC1CN(c2ccc(NCC3CCC(NS(=O)(=O)C(C)C)CC3)cc2)CC(C)O1. The van der Waals surface area contributed by atoms with Crippen LogP contribution in [-0.2, 0) is 14.8 Å². The Labute approximate surface area is 176 Å². The Balaban J connectivity index is 1.43. The molecule has 2 fully saturated rings. The zero-order valence-electron chi connectivity index (χ0n) is 18.2. The molecule has 0 spiro atoms. The summed E-state index contributed by atoms with van der Waals surface area (Å²) in [6.07, 6.45) is 4.48. The van der Waals surface area contributed by atoms with Gasteiger partial charge in [0.25, 0.3) is 0 Å². The largest absolute Gasteiger partial charge is 0.385 e. The minimum Gasteiger partial charge on any atom is -0.385 e. The predicted molar refractivity (Wildman–Crippen MR) is 120 cm³/mol. The second-order valence-electron chi connectivity index (χ2n) is 9.02. The molecule has 1 aliphatic heterocycles. The minimum atomic E-state index is -3.17. The first-order valence-electron chi connectivity index (χ1n) is 11.0. The average molecular weight is 424 g/mol. The molecule has 0 amide bonds. The number of nitrogens with zero attached hydrogens (tertiary/aromatic N) is 1. The highest BCUT2D eigenvalue weighted by atomic mass is 32.2. The zero-order chi connectivity index (χ0) is 21.0. The molecule has 0 aromatic heterocycles. The van der Waals surface area contributed by atoms with E-state index in [2.05, 4.69) is 53.1 Å². The molecule has 2 N–H and O–H groups in total. The number of ether oxygens (including phenoxy) is 1. The van der Waals surface area contributed by atoms with Crippen molar-refractivity contribution in [3.05, 3.63) is 24.3 Å². The lowest BCUT2D eigenvalue weighted by Gasteiger charge is -2.37. The van der Waals surface area contributed by atoms with Crippen LogP contribution in [0.15, 0.2) is 24.3 Å². The molecule has 1 aromatic rings. The summed E-state index contributed by atoms with van der Waals surface area (Å²) < 4.78 is 32.8. The highest BCUT2D eigenvalue weighted by molar-refractivity contribution is 7.90. The molecule has 29 heavy (non-hydrogen) atoms. The molecule has 3 rings (SSSR count). The topological polar surface area (TPSA) is 70.7 Å². The van der Waals surface area contributed by atoms with Gasteiger partial charge in [0, 0.05) is 37.1 Å². The van der Waals surface area contributed by atoms with Crippen LogP contribution >= 0.6 is 0 Å². The maximum atomic E-state index is 12.0. The van der Waals surface area contributed by atoms with E-state index in [-0.39, 0.29) is 23.5 Å². The number of nitrogens with one attached hydrogen (secondary N) is 2. The lowest BCUT2D eigenvalue weighted by molar-refractivity contribution is -0.00521. The summed E-state index contributed by atoms with van der Waals surface area (Å²) in [5, 5.41) is 3.19. The number of rotatable bonds is 7. The monoisotopic (exact) mass is 423 g/mol. The first kappa shape index (κ1) is 22.4. The summed E-state index contributed by atoms with van der Waals surface area (Å²) in [5.41, 5.74) is 2.39. The summed E-state index contributed by atoms with van der Waals surface area (Å²) in [6, 6.07) is 8.77. The van der Waals surface area contributed by atoms with E-state index in [1.165, 1.54) is 5.69 Å². The van der Waals surface area contributed by atoms with E-state index < -0.39 is 10.0 Å². The molecule has 0 bridgehead atoms. The van der Waals surface area contributed by atoms with Crippen molar-refractivity contribution in [3.8, 4) is 0 Å². The van der Waals surface area contributed by atoms with Crippen molar-refractivity contribution < 1.29 is 13.2 Å². The quantitative estimate of drug-likeness (QED) is 0.701. The molecule has 2 atom stereocenters. The van der Waals surface area contributed by atoms with Gasteiger partial charge < -0.3 is 15.0 Å². The van der Waals surface area contributed by atoms with Crippen LogP contribution in [0.1, 0.15) is 53.4 Å². The summed E-state index contributed by atoms with van der Waals surface area (Å²) in [4.78, 5) is 2.39. The molecular weight excluding hydrogens is 386 g/mol. The van der Waals surface area contributed by atoms with Gasteiger partial charge in [0.1, 0.15) is 0 Å². The third-order valence-electron chi connectivity index (χ3n) is 6.05. The van der Waals surface area contributed by atoms with Crippen LogP contribution in [0.25, 0.3) is 0 Å². The van der Waals surface area contributed by atoms with E-state index in [9.17, 15) is 8.42 Å². The maximum Gasteiger partial charge on any atom is 0.214 e. The van der Waals surface area contributed by atoms with E-state index in [1.54, 1.807) is 13.8 Å². The lowest BCUT2D eigenvalue weighted by atomic mass is 9.86. The standard InChI is InChI=1S/C22H37N3O3S/c1-16(2)29(26,27)24-21-7-5-19(6-8-21)13-23-20-9-11-22(12-10-20)25-14-17(3)28-18(4)15-25/h9-12,16-19,21,23-24H,5-8,13-15H2,1-4H3. The zero-order valence-corrected chi connectivity index (χ0v) is 19.0. The Morgan fingerprint density at radius 1 is 1.03 bits per heavy atom. The van der Waals surface area contributed by atoms with Gasteiger partial charge in [0.2, 0.25) is 10.0 Å². The molecule has 164 valence electrons. The number of morpholine rings is 1. The number of hydrogen-bond donors (Lipinski definition) is 2. The Morgan fingerprint density at radius 2 is 1.62 bits per heavy atom. The van der Waals surface area contributed by atoms with Crippen molar-refractivity contribution in [3.63, 3.8) is 0 Å². The number of hydrogen-bond acceptors (Lipinski definition) is 5. The molecule has 1 saturated heterocycles. The lowest BCUT2D eigenvalue weighted by Crippen LogP contribution is -2.45. The molecule has 2 unspecified atom stereocenters. The van der Waals surface area contributed by atoms with Gasteiger partial charge in [-0.2, -0.15) is 0 Å². The molecule has 0 radical (unpaired) electrons. The maximum absolute atomic E-state index is 12.0. The van der Waals surface area contributed by atoms with E-state index in [0.29, 0.717) is 5.92 Å². The van der Waals surface area contributed by atoms with Crippen molar-refractivity contribution in [1.29, 1.82) is 0 Å². The van der Waals surface area contributed by atoms with Crippen LogP contribution in [0.4, 0.5) is 11.4 Å². The fraction of sp³-hybridized carbons (Fsp3) is 0.727. The summed E-state index contributed by atoms with van der Waals surface area (Å²) >= 11 is 0. The smallest absolute Gasteiger partial charge is 0.214 e. The second-order valence-corrected chi connectivity index (χ2v) is 11.3. The fourth-order valence-electron chi connectivity index (χ4n) is 4.29. The third-order valence-corrected chi connectivity index (χ3v) is 7.95. The van der Waals surface area contributed by atoms with E-state index >= 15 is 0 Å². The van der Waals surface area contributed by atoms with Crippen molar-refractivity contribution in [2.24, 2.45) is 5.92 Å². The molecule has 1 heterocycles. The Bertz CT molecular complexity index is 733. The van der Waals surface area contributed by atoms with E-state index in [0.717, 1.165) is 51.0 Å². The molecule has 2 aliphatic rings. The van der Waals surface area contributed by atoms with E-state index in [1.807, 2.05) is 0 Å². The molecule has 1 aliphatic carbocycles. The van der Waals surface area contributed by atoms with Crippen LogP contribution < -0.4 is 14.9 Å². The van der Waals surface area contributed by atoms with Crippen LogP contribution in [0, 0.1) is 5.92 Å². The van der Waals surface area contributed by atoms with Gasteiger partial charge >= 0.3 is 0 Å². The van der Waals surface area contributed by atoms with Crippen molar-refractivity contribution in [2.45, 2.75) is 76.9 Å². The summed E-state index contributed by atoms with van der Waals surface area (Å²) in [7, 11) is -3.17. The van der Waals surface area contributed by atoms with Gasteiger partial charge in [-0.3, -0.25) is 0 Å². The highest BCUT2D eigenvalue weighted by Gasteiger charge is 2.26. The van der Waals surface area contributed by atoms with Crippen LogP contribution in [0.5, 0.6) is 0 Å². The van der Waals surface area contributed by atoms with Crippen molar-refractivity contribution in [2.75, 3.05) is 29.9 Å². The highest BCUT2D eigenvalue weighted by Crippen LogP contribution is 2.26. The number of benzene rings is 1. The normalized spacial score (nSPS) is 28.5. The minimum absolute atomic E-state index is 0.0937. The Morgan fingerprint density at radius 3 is 2.17 bits per heavy atom. The predicted octanol–water partition coefficient (Wildman–Crippen LogP) is 3.60. The first-order valence-corrected chi connectivity index (χ1v) is 12.5. The molecule has 1 aromatic carbocycles. The number of sulfonamides is 1. The van der Waals surface area contributed by atoms with Crippen molar-refractivity contribution in [1.82, 2.24) is 4.72 Å². The van der Waals surface area contributed by atoms with Gasteiger partial charge in [-0.05, 0) is 83.6 Å². The van der Waals surface area contributed by atoms with Gasteiger partial charge in [-0.15, -0.1) is 0 Å². The molecular formula is C22H37N3O3S. The average Bonchev–Trinajstić information content (AvgIpc) is 2.67. The van der Waals surface area contributed by atoms with Gasteiger partial charge in [0.15, 0.2) is 0 Å². The Hall–Kier alpha value is -1.31. The van der Waals surface area contributed by atoms with Crippen LogP contribution in [0.2, 0.25) is 0 Å². The molecule has 6 nitrogen and oxygen atoms in total. The van der Waals surface area contributed by atoms with Crippen LogP contribution in [0.3, 0.4) is 0 Å². The molecule has 1 saturated carbocycles. The Kier molecular flexibility index (Phi) is 7.46. The van der Waals surface area contributed by atoms with E-state index in [4.69, 9.17) is 4.74 Å².